The van der Waals surface area contributed by atoms with E-state index in [0.29, 0.717) is 6.61 Å². The summed E-state index contributed by atoms with van der Waals surface area (Å²) < 4.78 is 33.9. The van der Waals surface area contributed by atoms with E-state index < -0.39 is 33.3 Å². The third-order valence-corrected chi connectivity index (χ3v) is 10.1. The van der Waals surface area contributed by atoms with E-state index in [2.05, 4.69) is 110 Å². The van der Waals surface area contributed by atoms with Crippen LogP contribution < -0.4 is 0 Å². The predicted octanol–water partition coefficient (Wildman–Crippen LogP) is 7.32. The van der Waals surface area contributed by atoms with E-state index in [0.717, 1.165) is 0 Å². The van der Waals surface area contributed by atoms with Gasteiger partial charge in [0.15, 0.2) is 33.3 Å². The molecule has 5 atom stereocenters. The molecule has 0 radical (unpaired) electrons. The fourth-order valence-corrected chi connectivity index (χ4v) is 8.95. The molecule has 1 saturated heterocycles. The standard InChI is InChI=1S/C25H50O5SSi4/c1-19-14-16-20(17-15-19)31-25-24(30-35(11,12)13)23(29-34(8,9)10)22(28-33(5,6)7)21(27-25)18-26-32(2,3)4/h14-17,21-25H,18H2,1-13H3/t21?,22-,23+,24+,25-/m0/s1. The first-order valence-corrected chi connectivity index (χ1v) is 27.3. The van der Waals surface area contributed by atoms with E-state index in [-0.39, 0.29) is 29.9 Å². The maximum atomic E-state index is 6.94. The first-order valence-electron chi connectivity index (χ1n) is 12.8. The van der Waals surface area contributed by atoms with E-state index in [1.54, 1.807) is 11.8 Å². The van der Waals surface area contributed by atoms with Crippen LogP contribution in [0, 0.1) is 6.92 Å². The lowest BCUT2D eigenvalue weighted by molar-refractivity contribution is -0.189. The van der Waals surface area contributed by atoms with Gasteiger partial charge in [0.25, 0.3) is 0 Å². The van der Waals surface area contributed by atoms with Crippen LogP contribution in [0.3, 0.4) is 0 Å². The Labute approximate surface area is 223 Å². The van der Waals surface area contributed by atoms with Gasteiger partial charge in [-0.15, -0.1) is 0 Å². The summed E-state index contributed by atoms with van der Waals surface area (Å²) in [5.41, 5.74) is 1.04. The molecule has 5 nitrogen and oxygen atoms in total. The minimum atomic E-state index is -1.92. The van der Waals surface area contributed by atoms with Gasteiger partial charge in [0.2, 0.25) is 0 Å². The van der Waals surface area contributed by atoms with E-state index >= 15 is 0 Å². The summed E-state index contributed by atoms with van der Waals surface area (Å²) in [4.78, 5) is 1.17. The molecule has 2 rings (SSSR count). The minimum Gasteiger partial charge on any atom is -0.415 e. The van der Waals surface area contributed by atoms with Crippen molar-refractivity contribution in [1.29, 1.82) is 0 Å². The van der Waals surface area contributed by atoms with Crippen LogP contribution in [0.2, 0.25) is 78.6 Å². The molecule has 0 aromatic heterocycles. The van der Waals surface area contributed by atoms with E-state index in [1.165, 1.54) is 10.5 Å². The Hall–Kier alpha value is 0.238. The molecule has 1 aliphatic rings. The van der Waals surface area contributed by atoms with Gasteiger partial charge in [-0.05, 0) is 97.6 Å². The second-order valence-electron chi connectivity index (χ2n) is 13.5. The third-order valence-electron chi connectivity index (χ3n) is 5.01. The molecule has 0 aliphatic carbocycles. The molecule has 202 valence electrons. The highest BCUT2D eigenvalue weighted by molar-refractivity contribution is 7.99. The second-order valence-corrected chi connectivity index (χ2v) is 32.5. The molecule has 0 amide bonds. The molecule has 0 spiro atoms. The summed E-state index contributed by atoms with van der Waals surface area (Å²) in [7, 11) is -7.49. The lowest BCUT2D eigenvalue weighted by atomic mass is 10.0. The Bertz CT molecular complexity index is 797. The van der Waals surface area contributed by atoms with Crippen LogP contribution in [0.4, 0.5) is 0 Å². The first kappa shape index (κ1) is 31.5. The van der Waals surface area contributed by atoms with Crippen molar-refractivity contribution in [2.45, 2.75) is 120 Å². The van der Waals surface area contributed by atoms with Gasteiger partial charge in [-0.3, -0.25) is 0 Å². The van der Waals surface area contributed by atoms with Crippen molar-refractivity contribution >= 4 is 45.0 Å². The quantitative estimate of drug-likeness (QED) is 0.258. The largest absolute Gasteiger partial charge is 0.415 e. The molecule has 1 aliphatic heterocycles. The Morgan fingerprint density at radius 2 is 1.11 bits per heavy atom. The van der Waals surface area contributed by atoms with Crippen LogP contribution in [0.1, 0.15) is 5.56 Å². The second kappa shape index (κ2) is 12.0. The zero-order valence-corrected chi connectivity index (χ0v) is 29.2. The van der Waals surface area contributed by atoms with Crippen molar-refractivity contribution in [1.82, 2.24) is 0 Å². The molecule has 0 bridgehead atoms. The van der Waals surface area contributed by atoms with Gasteiger partial charge in [0, 0.05) is 4.90 Å². The number of aryl methyl sites for hydroxylation is 1. The number of hydrogen-bond acceptors (Lipinski definition) is 6. The molecule has 1 aromatic rings. The zero-order chi connectivity index (χ0) is 26.8. The highest BCUT2D eigenvalue weighted by Gasteiger charge is 2.51. The third kappa shape index (κ3) is 11.7. The first-order chi connectivity index (χ1) is 15.7. The SMILES string of the molecule is Cc1ccc(S[C@@H]2OC(CO[Si](C)(C)C)[C@H](O[Si](C)(C)C)[C@@H](O[Si](C)(C)C)[C@H]2O[Si](C)(C)C)cc1. The van der Waals surface area contributed by atoms with Crippen LogP contribution in [0.5, 0.6) is 0 Å². The number of benzene rings is 1. The Kier molecular flexibility index (Phi) is 10.7. The van der Waals surface area contributed by atoms with Crippen LogP contribution in [0.25, 0.3) is 0 Å². The van der Waals surface area contributed by atoms with Crippen molar-refractivity contribution < 1.29 is 22.4 Å². The summed E-state index contributed by atoms with van der Waals surface area (Å²) in [6, 6.07) is 8.64. The van der Waals surface area contributed by atoms with E-state index in [9.17, 15) is 0 Å². The maximum Gasteiger partial charge on any atom is 0.184 e. The van der Waals surface area contributed by atoms with Crippen molar-refractivity contribution in [2.24, 2.45) is 0 Å². The number of rotatable bonds is 11. The van der Waals surface area contributed by atoms with Gasteiger partial charge in [-0.1, -0.05) is 29.5 Å². The highest BCUT2D eigenvalue weighted by Crippen LogP contribution is 2.40. The molecular formula is C25H50O5SSi4. The summed E-state index contributed by atoms with van der Waals surface area (Å²) in [6.07, 6.45) is -0.851. The Morgan fingerprint density at radius 3 is 1.57 bits per heavy atom. The topological polar surface area (TPSA) is 46.2 Å². The van der Waals surface area contributed by atoms with Gasteiger partial charge in [0.1, 0.15) is 29.9 Å². The van der Waals surface area contributed by atoms with Gasteiger partial charge in [-0.25, -0.2) is 0 Å². The monoisotopic (exact) mass is 574 g/mol. The number of hydrogen-bond donors (Lipinski definition) is 0. The molecule has 1 fully saturated rings. The van der Waals surface area contributed by atoms with Crippen LogP contribution in [-0.4, -0.2) is 69.7 Å². The average molecular weight is 575 g/mol. The van der Waals surface area contributed by atoms with Crippen molar-refractivity contribution in [2.75, 3.05) is 6.61 Å². The van der Waals surface area contributed by atoms with Crippen LogP contribution >= 0.6 is 11.8 Å². The van der Waals surface area contributed by atoms with Crippen LogP contribution in [-0.2, 0) is 22.4 Å². The zero-order valence-electron chi connectivity index (χ0n) is 24.4. The van der Waals surface area contributed by atoms with Gasteiger partial charge < -0.3 is 22.4 Å². The predicted molar refractivity (Wildman–Crippen MR) is 160 cm³/mol. The Morgan fingerprint density at radius 1 is 0.657 bits per heavy atom. The normalized spacial score (nSPS) is 26.7. The van der Waals surface area contributed by atoms with Crippen molar-refractivity contribution in [3.63, 3.8) is 0 Å². The molecular weight excluding hydrogens is 525 g/mol. The van der Waals surface area contributed by atoms with E-state index in [4.69, 9.17) is 22.4 Å². The van der Waals surface area contributed by atoms with Crippen molar-refractivity contribution in [3.05, 3.63) is 29.8 Å². The molecule has 1 unspecified atom stereocenters. The molecule has 0 N–H and O–H groups in total. The van der Waals surface area contributed by atoms with Gasteiger partial charge in [0.05, 0.1) is 6.61 Å². The Balaban J connectivity index is 2.54. The number of ether oxygens (including phenoxy) is 1. The highest BCUT2D eigenvalue weighted by atomic mass is 32.2. The maximum absolute atomic E-state index is 6.94. The summed E-state index contributed by atoms with van der Waals surface area (Å²) in [5, 5.41) is 0. The fourth-order valence-electron chi connectivity index (χ4n) is 3.82. The van der Waals surface area contributed by atoms with Gasteiger partial charge in [-0.2, -0.15) is 0 Å². The average Bonchev–Trinajstić information content (AvgIpc) is 2.63. The lowest BCUT2D eigenvalue weighted by Crippen LogP contribution is -2.65. The summed E-state index contributed by atoms with van der Waals surface area (Å²) in [6.45, 7) is 29.4. The van der Waals surface area contributed by atoms with Gasteiger partial charge >= 0.3 is 0 Å². The van der Waals surface area contributed by atoms with E-state index in [1.807, 2.05) is 0 Å². The molecule has 1 heterocycles. The van der Waals surface area contributed by atoms with Crippen molar-refractivity contribution in [3.8, 4) is 0 Å². The molecule has 0 saturated carbocycles. The molecule has 10 heteroatoms. The lowest BCUT2D eigenvalue weighted by Gasteiger charge is -2.51. The number of thioether (sulfide) groups is 1. The molecule has 35 heavy (non-hydrogen) atoms. The minimum absolute atomic E-state index is 0.202. The molecule has 1 aromatic carbocycles. The summed E-state index contributed by atoms with van der Waals surface area (Å²) in [5.74, 6) is 0. The van der Waals surface area contributed by atoms with Crippen LogP contribution in [0.15, 0.2) is 29.2 Å². The summed E-state index contributed by atoms with van der Waals surface area (Å²) >= 11 is 1.73. The fraction of sp³-hybridized carbons (Fsp3) is 0.760. The smallest absolute Gasteiger partial charge is 0.184 e.